The van der Waals surface area contributed by atoms with E-state index in [4.69, 9.17) is 25.6 Å². The number of hydrogen-bond acceptors (Lipinski definition) is 6. The first-order valence-corrected chi connectivity index (χ1v) is 8.97. The van der Waals surface area contributed by atoms with Crippen molar-refractivity contribution in [3.8, 4) is 22.9 Å². The molecular formula is C19H14ClF4N3O4. The average molecular weight is 460 g/mol. The smallest absolute Gasteiger partial charge is 0.422 e. The molecule has 7 nitrogen and oxygen atoms in total. The van der Waals surface area contributed by atoms with Crippen molar-refractivity contribution in [3.63, 3.8) is 0 Å². The predicted octanol–water partition coefficient (Wildman–Crippen LogP) is 4.41. The maximum Gasteiger partial charge on any atom is 0.422 e. The van der Waals surface area contributed by atoms with Crippen LogP contribution in [0.2, 0.25) is 5.02 Å². The van der Waals surface area contributed by atoms with Crippen LogP contribution in [0.1, 0.15) is 16.1 Å². The SMILES string of the molecule is COc1cc(CNC(=O)c2cnc(OCC(F)(F)F)c(-c3ccc(Cl)c(F)c3)c2)on1. The van der Waals surface area contributed by atoms with Gasteiger partial charge in [0.2, 0.25) is 5.88 Å². The topological polar surface area (TPSA) is 86.5 Å². The van der Waals surface area contributed by atoms with E-state index in [-0.39, 0.29) is 34.1 Å². The summed E-state index contributed by atoms with van der Waals surface area (Å²) in [5, 5.41) is 5.96. The Hall–Kier alpha value is -3.34. The van der Waals surface area contributed by atoms with Crippen LogP contribution >= 0.6 is 11.6 Å². The summed E-state index contributed by atoms with van der Waals surface area (Å²) in [6.07, 6.45) is -3.57. The van der Waals surface area contributed by atoms with Gasteiger partial charge in [-0.15, -0.1) is 0 Å². The molecule has 164 valence electrons. The van der Waals surface area contributed by atoms with Gasteiger partial charge in [0.25, 0.3) is 11.8 Å². The number of benzene rings is 1. The summed E-state index contributed by atoms with van der Waals surface area (Å²) < 4.78 is 66.2. The van der Waals surface area contributed by atoms with Gasteiger partial charge in [-0.2, -0.15) is 13.2 Å². The van der Waals surface area contributed by atoms with Gasteiger partial charge < -0.3 is 19.3 Å². The third kappa shape index (κ3) is 5.85. The molecule has 0 saturated carbocycles. The van der Waals surface area contributed by atoms with E-state index in [2.05, 4.69) is 15.5 Å². The Balaban J connectivity index is 1.87. The molecule has 0 unspecified atom stereocenters. The van der Waals surface area contributed by atoms with E-state index in [1.807, 2.05) is 0 Å². The second kappa shape index (κ2) is 9.21. The molecule has 0 aliphatic carbocycles. The number of carbonyl (C=O) groups excluding carboxylic acids is 1. The minimum Gasteiger partial charge on any atom is -0.479 e. The number of rotatable bonds is 7. The molecule has 31 heavy (non-hydrogen) atoms. The molecular weight excluding hydrogens is 446 g/mol. The van der Waals surface area contributed by atoms with Gasteiger partial charge in [0.1, 0.15) is 5.82 Å². The second-order valence-corrected chi connectivity index (χ2v) is 6.53. The van der Waals surface area contributed by atoms with Crippen LogP contribution in [0.15, 0.2) is 41.1 Å². The Labute approximate surface area is 177 Å². The number of methoxy groups -OCH3 is 1. The molecule has 0 saturated heterocycles. The van der Waals surface area contributed by atoms with Crippen LogP contribution < -0.4 is 14.8 Å². The summed E-state index contributed by atoms with van der Waals surface area (Å²) in [4.78, 5) is 16.3. The van der Waals surface area contributed by atoms with Crippen LogP contribution in [0.3, 0.4) is 0 Å². The molecule has 12 heteroatoms. The zero-order valence-electron chi connectivity index (χ0n) is 15.8. The molecule has 0 atom stereocenters. The van der Waals surface area contributed by atoms with Crippen molar-refractivity contribution < 1.29 is 36.4 Å². The number of aromatic nitrogens is 2. The minimum atomic E-state index is -4.61. The highest BCUT2D eigenvalue weighted by Crippen LogP contribution is 2.32. The minimum absolute atomic E-state index is 0.00352. The van der Waals surface area contributed by atoms with Crippen LogP contribution in [-0.4, -0.2) is 35.9 Å². The molecule has 1 aromatic carbocycles. The van der Waals surface area contributed by atoms with E-state index in [9.17, 15) is 22.4 Å². The van der Waals surface area contributed by atoms with Crippen LogP contribution in [0.5, 0.6) is 11.8 Å². The molecule has 0 radical (unpaired) electrons. The lowest BCUT2D eigenvalue weighted by Crippen LogP contribution is -2.23. The number of carbonyl (C=O) groups is 1. The van der Waals surface area contributed by atoms with Gasteiger partial charge in [0.05, 0.1) is 24.2 Å². The summed E-state index contributed by atoms with van der Waals surface area (Å²) >= 11 is 5.66. The van der Waals surface area contributed by atoms with Gasteiger partial charge in [-0.25, -0.2) is 9.37 Å². The van der Waals surface area contributed by atoms with Gasteiger partial charge >= 0.3 is 6.18 Å². The molecule has 1 amide bonds. The van der Waals surface area contributed by atoms with Crippen molar-refractivity contribution >= 4 is 17.5 Å². The van der Waals surface area contributed by atoms with Crippen LogP contribution in [0, 0.1) is 5.82 Å². The zero-order valence-corrected chi connectivity index (χ0v) is 16.6. The van der Waals surface area contributed by atoms with Gasteiger partial charge in [-0.05, 0) is 28.9 Å². The summed E-state index contributed by atoms with van der Waals surface area (Å²) in [5.41, 5.74) is 0.103. The van der Waals surface area contributed by atoms with Gasteiger partial charge in [-0.3, -0.25) is 4.79 Å². The zero-order chi connectivity index (χ0) is 22.6. The Morgan fingerprint density at radius 1 is 1.26 bits per heavy atom. The number of amides is 1. The second-order valence-electron chi connectivity index (χ2n) is 6.13. The lowest BCUT2D eigenvalue weighted by Gasteiger charge is -2.14. The molecule has 0 bridgehead atoms. The average Bonchev–Trinajstić information content (AvgIpc) is 3.20. The number of halogens is 5. The number of hydrogen-bond donors (Lipinski definition) is 1. The predicted molar refractivity (Wildman–Crippen MR) is 100 cm³/mol. The fraction of sp³-hybridized carbons (Fsp3) is 0.211. The van der Waals surface area contributed by atoms with Gasteiger partial charge in [0.15, 0.2) is 12.4 Å². The Bertz CT molecular complexity index is 1090. The number of nitrogens with zero attached hydrogens (tertiary/aromatic N) is 2. The quantitative estimate of drug-likeness (QED) is 0.527. The van der Waals surface area contributed by atoms with E-state index in [0.29, 0.717) is 5.76 Å². The van der Waals surface area contributed by atoms with Crippen molar-refractivity contribution in [2.24, 2.45) is 0 Å². The maximum atomic E-state index is 13.9. The van der Waals surface area contributed by atoms with Gasteiger partial charge in [-0.1, -0.05) is 17.7 Å². The molecule has 0 aliphatic heterocycles. The normalized spacial score (nSPS) is 11.3. The lowest BCUT2D eigenvalue weighted by atomic mass is 10.0. The van der Waals surface area contributed by atoms with Crippen molar-refractivity contribution in [1.82, 2.24) is 15.5 Å². The standard InChI is InChI=1S/C19H14ClF4N3O4/c1-29-16-6-12(31-27-16)8-25-17(28)11-4-13(10-2-3-14(20)15(21)5-10)18(26-7-11)30-9-19(22,23)24/h2-7H,8-9H2,1H3,(H,25,28). The first kappa shape index (κ1) is 22.3. The van der Waals surface area contributed by atoms with E-state index < -0.39 is 30.4 Å². The summed E-state index contributed by atoms with van der Waals surface area (Å²) in [5.74, 6) is -1.29. The molecule has 3 aromatic rings. The van der Waals surface area contributed by atoms with Crippen LogP contribution in [-0.2, 0) is 6.54 Å². The fourth-order valence-corrected chi connectivity index (χ4v) is 2.57. The molecule has 0 fully saturated rings. The van der Waals surface area contributed by atoms with Crippen LogP contribution in [0.25, 0.3) is 11.1 Å². The number of pyridine rings is 1. The summed E-state index contributed by atoms with van der Waals surface area (Å²) in [6, 6.07) is 6.30. The number of nitrogens with one attached hydrogen (secondary N) is 1. The Morgan fingerprint density at radius 2 is 2.03 bits per heavy atom. The fourth-order valence-electron chi connectivity index (χ4n) is 2.46. The van der Waals surface area contributed by atoms with Crippen LogP contribution in [0.4, 0.5) is 17.6 Å². The first-order chi connectivity index (χ1) is 14.7. The van der Waals surface area contributed by atoms with E-state index in [1.54, 1.807) is 0 Å². The van der Waals surface area contributed by atoms with Crippen molar-refractivity contribution in [2.75, 3.05) is 13.7 Å². The Morgan fingerprint density at radius 3 is 2.68 bits per heavy atom. The first-order valence-electron chi connectivity index (χ1n) is 8.59. The molecule has 0 aliphatic rings. The highest BCUT2D eigenvalue weighted by Gasteiger charge is 2.29. The van der Waals surface area contributed by atoms with Crippen molar-refractivity contribution in [2.45, 2.75) is 12.7 Å². The molecule has 0 spiro atoms. The lowest BCUT2D eigenvalue weighted by molar-refractivity contribution is -0.154. The molecule has 2 aromatic heterocycles. The molecule has 3 rings (SSSR count). The van der Waals surface area contributed by atoms with Crippen molar-refractivity contribution in [3.05, 3.63) is 58.7 Å². The molecule has 1 N–H and O–H groups in total. The third-order valence-electron chi connectivity index (χ3n) is 3.89. The van der Waals surface area contributed by atoms with E-state index in [1.165, 1.54) is 31.4 Å². The largest absolute Gasteiger partial charge is 0.479 e. The summed E-state index contributed by atoms with van der Waals surface area (Å²) in [7, 11) is 1.40. The van der Waals surface area contributed by atoms with E-state index >= 15 is 0 Å². The van der Waals surface area contributed by atoms with Gasteiger partial charge in [0, 0.05) is 17.8 Å². The van der Waals surface area contributed by atoms with E-state index in [0.717, 1.165) is 12.3 Å². The number of ether oxygens (including phenoxy) is 2. The third-order valence-corrected chi connectivity index (χ3v) is 4.19. The summed E-state index contributed by atoms with van der Waals surface area (Å²) in [6.45, 7) is -1.64. The van der Waals surface area contributed by atoms with Crippen molar-refractivity contribution in [1.29, 1.82) is 0 Å². The maximum absolute atomic E-state index is 13.9. The highest BCUT2D eigenvalue weighted by atomic mass is 35.5. The highest BCUT2D eigenvalue weighted by molar-refractivity contribution is 6.30. The Kier molecular flexibility index (Phi) is 6.64. The molecule has 2 heterocycles. The number of alkyl halides is 3. The monoisotopic (exact) mass is 459 g/mol.